The van der Waals surface area contributed by atoms with Crippen molar-refractivity contribution in [3.8, 4) is 0 Å². The highest BCUT2D eigenvalue weighted by atomic mass is 16.6. The van der Waals surface area contributed by atoms with Gasteiger partial charge < -0.3 is 19.7 Å². The fourth-order valence-corrected chi connectivity index (χ4v) is 1.68. The summed E-state index contributed by atoms with van der Waals surface area (Å²) in [7, 11) is 0. The van der Waals surface area contributed by atoms with Gasteiger partial charge in [0.15, 0.2) is 0 Å². The Kier molecular flexibility index (Phi) is 6.37. The lowest BCUT2D eigenvalue weighted by Gasteiger charge is -2.24. The van der Waals surface area contributed by atoms with E-state index in [2.05, 4.69) is 5.32 Å². The summed E-state index contributed by atoms with van der Waals surface area (Å²) in [5.74, 6) is 0.140. The Bertz CT molecular complexity index is 201. The molecule has 1 atom stereocenters. The van der Waals surface area contributed by atoms with Crippen molar-refractivity contribution in [1.82, 2.24) is 10.2 Å². The van der Waals surface area contributed by atoms with E-state index in [0.717, 1.165) is 13.1 Å². The molecule has 0 aromatic heterocycles. The number of carbonyl (C=O) groups excluding carboxylic acids is 1. The van der Waals surface area contributed by atoms with Crippen molar-refractivity contribution in [3.63, 3.8) is 0 Å². The summed E-state index contributed by atoms with van der Waals surface area (Å²) in [6.07, 6.45) is 0.0817. The summed E-state index contributed by atoms with van der Waals surface area (Å²) in [4.78, 5) is 13.4. The molecule has 1 aliphatic heterocycles. The second-order valence-electron chi connectivity index (χ2n) is 3.76. The SMILES string of the molecule is CCN(CC)C(=O)CNCC1COCCO1. The molecule has 0 saturated carbocycles. The van der Waals surface area contributed by atoms with Gasteiger partial charge in [-0.25, -0.2) is 0 Å². The first-order chi connectivity index (χ1) is 7.77. The fraction of sp³-hybridized carbons (Fsp3) is 0.909. The highest BCUT2D eigenvalue weighted by Crippen LogP contribution is 1.98. The summed E-state index contributed by atoms with van der Waals surface area (Å²) in [5, 5.41) is 3.11. The molecule has 0 spiro atoms. The Balaban J connectivity index is 2.11. The van der Waals surface area contributed by atoms with Gasteiger partial charge in [0, 0.05) is 19.6 Å². The van der Waals surface area contributed by atoms with E-state index in [1.165, 1.54) is 0 Å². The molecular formula is C11H22N2O3. The third kappa shape index (κ3) is 4.47. The summed E-state index contributed by atoms with van der Waals surface area (Å²) in [6, 6.07) is 0. The van der Waals surface area contributed by atoms with E-state index >= 15 is 0 Å². The average molecular weight is 230 g/mol. The lowest BCUT2D eigenvalue weighted by molar-refractivity contribution is -0.130. The second-order valence-corrected chi connectivity index (χ2v) is 3.76. The lowest BCUT2D eigenvalue weighted by Crippen LogP contribution is -2.43. The number of hydrogen-bond donors (Lipinski definition) is 1. The quantitative estimate of drug-likeness (QED) is 0.690. The number of amides is 1. The van der Waals surface area contributed by atoms with Crippen LogP contribution >= 0.6 is 0 Å². The largest absolute Gasteiger partial charge is 0.376 e. The molecule has 0 aliphatic carbocycles. The molecule has 1 N–H and O–H groups in total. The first-order valence-corrected chi connectivity index (χ1v) is 5.95. The molecule has 1 unspecified atom stereocenters. The molecule has 0 radical (unpaired) electrons. The van der Waals surface area contributed by atoms with Crippen LogP contribution in [0.15, 0.2) is 0 Å². The van der Waals surface area contributed by atoms with Crippen molar-refractivity contribution in [1.29, 1.82) is 0 Å². The lowest BCUT2D eigenvalue weighted by atomic mass is 10.3. The van der Waals surface area contributed by atoms with Gasteiger partial charge in [0.2, 0.25) is 5.91 Å². The molecule has 0 aromatic rings. The molecule has 1 heterocycles. The zero-order chi connectivity index (χ0) is 11.8. The smallest absolute Gasteiger partial charge is 0.236 e. The van der Waals surface area contributed by atoms with Crippen LogP contribution < -0.4 is 5.32 Å². The van der Waals surface area contributed by atoms with E-state index in [-0.39, 0.29) is 12.0 Å². The Morgan fingerprint density at radius 3 is 2.69 bits per heavy atom. The van der Waals surface area contributed by atoms with Gasteiger partial charge in [0.05, 0.1) is 32.5 Å². The highest BCUT2D eigenvalue weighted by Gasteiger charge is 2.15. The summed E-state index contributed by atoms with van der Waals surface area (Å²) in [5.41, 5.74) is 0. The van der Waals surface area contributed by atoms with E-state index in [0.29, 0.717) is 32.9 Å². The minimum absolute atomic E-state index is 0.0817. The van der Waals surface area contributed by atoms with Crippen molar-refractivity contribution in [3.05, 3.63) is 0 Å². The molecule has 0 aromatic carbocycles. The van der Waals surface area contributed by atoms with Crippen LogP contribution in [0.25, 0.3) is 0 Å². The van der Waals surface area contributed by atoms with Crippen LogP contribution in [0, 0.1) is 0 Å². The van der Waals surface area contributed by atoms with Gasteiger partial charge in [-0.15, -0.1) is 0 Å². The van der Waals surface area contributed by atoms with Crippen LogP contribution in [0.1, 0.15) is 13.8 Å². The third-order valence-electron chi connectivity index (χ3n) is 2.65. The number of rotatable bonds is 6. The van der Waals surface area contributed by atoms with Gasteiger partial charge in [-0.05, 0) is 13.8 Å². The van der Waals surface area contributed by atoms with Gasteiger partial charge in [-0.2, -0.15) is 0 Å². The van der Waals surface area contributed by atoms with Gasteiger partial charge in [-0.3, -0.25) is 4.79 Å². The maximum Gasteiger partial charge on any atom is 0.236 e. The van der Waals surface area contributed by atoms with Gasteiger partial charge in [0.1, 0.15) is 0 Å². The molecule has 5 heteroatoms. The molecule has 1 aliphatic rings. The molecule has 1 amide bonds. The van der Waals surface area contributed by atoms with E-state index < -0.39 is 0 Å². The molecule has 1 fully saturated rings. The Hall–Kier alpha value is -0.650. The number of nitrogens with one attached hydrogen (secondary N) is 1. The van der Waals surface area contributed by atoms with Gasteiger partial charge in [0.25, 0.3) is 0 Å². The molecule has 94 valence electrons. The number of hydrogen-bond acceptors (Lipinski definition) is 4. The van der Waals surface area contributed by atoms with Crippen molar-refractivity contribution >= 4 is 5.91 Å². The summed E-state index contributed by atoms with van der Waals surface area (Å²) >= 11 is 0. The number of likely N-dealkylation sites (N-methyl/N-ethyl adjacent to an activating group) is 1. The van der Waals surface area contributed by atoms with Crippen molar-refractivity contribution in [2.45, 2.75) is 20.0 Å². The predicted molar refractivity (Wildman–Crippen MR) is 61.4 cm³/mol. The van der Waals surface area contributed by atoms with Crippen molar-refractivity contribution in [2.75, 3.05) is 46.0 Å². The molecule has 5 nitrogen and oxygen atoms in total. The minimum atomic E-state index is 0.0817. The maximum atomic E-state index is 11.6. The van der Waals surface area contributed by atoms with Crippen LogP contribution in [-0.4, -0.2) is 62.9 Å². The number of carbonyl (C=O) groups is 1. The van der Waals surface area contributed by atoms with Crippen LogP contribution in [0.4, 0.5) is 0 Å². The first kappa shape index (κ1) is 13.4. The number of nitrogens with zero attached hydrogens (tertiary/aromatic N) is 1. The molecule has 0 bridgehead atoms. The normalized spacial score (nSPS) is 20.8. The molecule has 16 heavy (non-hydrogen) atoms. The summed E-state index contributed by atoms with van der Waals surface area (Å²) in [6.45, 7) is 8.49. The van der Waals surface area contributed by atoms with Crippen LogP contribution in [0.5, 0.6) is 0 Å². The van der Waals surface area contributed by atoms with E-state index in [9.17, 15) is 4.79 Å². The third-order valence-corrected chi connectivity index (χ3v) is 2.65. The van der Waals surface area contributed by atoms with E-state index in [1.54, 1.807) is 0 Å². The fourth-order valence-electron chi connectivity index (χ4n) is 1.68. The second kappa shape index (κ2) is 7.60. The van der Waals surface area contributed by atoms with Crippen molar-refractivity contribution < 1.29 is 14.3 Å². The standard InChI is InChI=1S/C11H22N2O3/c1-3-13(4-2)11(14)8-12-7-10-9-15-5-6-16-10/h10,12H,3-9H2,1-2H3. The van der Waals surface area contributed by atoms with Crippen molar-refractivity contribution in [2.24, 2.45) is 0 Å². The zero-order valence-corrected chi connectivity index (χ0v) is 10.2. The Labute approximate surface area is 97.1 Å². The van der Waals surface area contributed by atoms with E-state index in [1.807, 2.05) is 18.7 Å². The molecular weight excluding hydrogens is 208 g/mol. The van der Waals surface area contributed by atoms with Crippen LogP contribution in [0.2, 0.25) is 0 Å². The number of ether oxygens (including phenoxy) is 2. The van der Waals surface area contributed by atoms with Gasteiger partial charge >= 0.3 is 0 Å². The predicted octanol–water partition coefficient (Wildman–Crippen LogP) is -0.140. The average Bonchev–Trinajstić information content (AvgIpc) is 2.32. The van der Waals surface area contributed by atoms with E-state index in [4.69, 9.17) is 9.47 Å². The summed E-state index contributed by atoms with van der Waals surface area (Å²) < 4.78 is 10.7. The molecule has 1 rings (SSSR count). The minimum Gasteiger partial charge on any atom is -0.376 e. The Morgan fingerprint density at radius 2 is 2.12 bits per heavy atom. The highest BCUT2D eigenvalue weighted by molar-refractivity contribution is 5.78. The van der Waals surface area contributed by atoms with Gasteiger partial charge in [-0.1, -0.05) is 0 Å². The molecule has 1 saturated heterocycles. The van der Waals surface area contributed by atoms with Crippen LogP contribution in [-0.2, 0) is 14.3 Å². The zero-order valence-electron chi connectivity index (χ0n) is 10.2. The first-order valence-electron chi connectivity index (χ1n) is 5.95. The monoisotopic (exact) mass is 230 g/mol. The maximum absolute atomic E-state index is 11.6. The Morgan fingerprint density at radius 1 is 1.38 bits per heavy atom. The topological polar surface area (TPSA) is 50.8 Å². The van der Waals surface area contributed by atoms with Crippen LogP contribution in [0.3, 0.4) is 0 Å².